The van der Waals surface area contributed by atoms with Gasteiger partial charge in [0.05, 0.1) is 6.04 Å². The fourth-order valence-electron chi connectivity index (χ4n) is 3.03. The third-order valence-electron chi connectivity index (χ3n) is 4.04. The molecule has 2 rings (SSSR count). The number of hydrogen-bond donors (Lipinski definition) is 2. The van der Waals surface area contributed by atoms with E-state index in [-0.39, 0.29) is 11.9 Å². The van der Waals surface area contributed by atoms with Crippen LogP contribution in [0, 0.1) is 11.7 Å². The van der Waals surface area contributed by atoms with Gasteiger partial charge in [0.2, 0.25) is 0 Å². The number of hydrazine groups is 1. The Hall–Kier alpha value is -0.930. The maximum absolute atomic E-state index is 13.9. The summed E-state index contributed by atoms with van der Waals surface area (Å²) in [6.07, 6.45) is 8.68. The molecule has 100 valence electrons. The molecule has 0 bridgehead atoms. The SMILES string of the molecule is NNC(c1ccccc1F)C1CCCCCCC1. The van der Waals surface area contributed by atoms with Crippen LogP contribution in [0.4, 0.5) is 4.39 Å². The minimum Gasteiger partial charge on any atom is -0.271 e. The van der Waals surface area contributed by atoms with Crippen LogP contribution in [0.2, 0.25) is 0 Å². The lowest BCUT2D eigenvalue weighted by Gasteiger charge is -2.28. The largest absolute Gasteiger partial charge is 0.271 e. The van der Waals surface area contributed by atoms with Gasteiger partial charge in [0, 0.05) is 5.56 Å². The van der Waals surface area contributed by atoms with Gasteiger partial charge in [-0.25, -0.2) is 4.39 Å². The lowest BCUT2D eigenvalue weighted by atomic mass is 9.83. The number of hydrogen-bond acceptors (Lipinski definition) is 2. The van der Waals surface area contributed by atoms with Gasteiger partial charge < -0.3 is 0 Å². The highest BCUT2D eigenvalue weighted by atomic mass is 19.1. The molecule has 1 aromatic carbocycles. The molecule has 0 heterocycles. The van der Waals surface area contributed by atoms with E-state index in [4.69, 9.17) is 5.84 Å². The predicted molar refractivity (Wildman–Crippen MR) is 72.3 cm³/mol. The first-order valence-corrected chi connectivity index (χ1v) is 7.03. The van der Waals surface area contributed by atoms with E-state index in [2.05, 4.69) is 5.43 Å². The lowest BCUT2D eigenvalue weighted by Crippen LogP contribution is -2.34. The van der Waals surface area contributed by atoms with Crippen LogP contribution in [-0.4, -0.2) is 0 Å². The minimum absolute atomic E-state index is 0.0516. The Morgan fingerprint density at radius 3 is 2.28 bits per heavy atom. The standard InChI is InChI=1S/C15H23FN2/c16-14-11-7-6-10-13(14)15(18-17)12-8-4-2-1-3-5-9-12/h6-7,10-12,15,18H,1-5,8-9,17H2. The van der Waals surface area contributed by atoms with E-state index in [0.29, 0.717) is 11.5 Å². The smallest absolute Gasteiger partial charge is 0.128 e. The highest BCUT2D eigenvalue weighted by Gasteiger charge is 2.24. The molecule has 1 atom stereocenters. The zero-order chi connectivity index (χ0) is 12.8. The van der Waals surface area contributed by atoms with Gasteiger partial charge >= 0.3 is 0 Å². The average Bonchev–Trinajstić information content (AvgIpc) is 2.34. The molecule has 1 aliphatic carbocycles. The topological polar surface area (TPSA) is 38.0 Å². The van der Waals surface area contributed by atoms with Crippen LogP contribution in [0.3, 0.4) is 0 Å². The van der Waals surface area contributed by atoms with E-state index in [9.17, 15) is 4.39 Å². The summed E-state index contributed by atoms with van der Waals surface area (Å²) < 4.78 is 13.9. The minimum atomic E-state index is -0.150. The molecule has 18 heavy (non-hydrogen) atoms. The molecule has 0 saturated heterocycles. The molecule has 0 aromatic heterocycles. The predicted octanol–water partition coefficient (Wildman–Crippen LogP) is 3.69. The van der Waals surface area contributed by atoms with Crippen LogP contribution in [-0.2, 0) is 0 Å². The van der Waals surface area contributed by atoms with E-state index in [0.717, 1.165) is 12.8 Å². The van der Waals surface area contributed by atoms with Crippen LogP contribution < -0.4 is 11.3 Å². The van der Waals surface area contributed by atoms with Crippen LogP contribution in [0.25, 0.3) is 0 Å². The van der Waals surface area contributed by atoms with Gasteiger partial charge in [-0.2, -0.15) is 0 Å². The fraction of sp³-hybridized carbons (Fsp3) is 0.600. The maximum Gasteiger partial charge on any atom is 0.128 e. The van der Waals surface area contributed by atoms with Gasteiger partial charge in [0.25, 0.3) is 0 Å². The zero-order valence-electron chi connectivity index (χ0n) is 10.9. The third-order valence-corrected chi connectivity index (χ3v) is 4.04. The molecule has 1 saturated carbocycles. The maximum atomic E-state index is 13.9. The van der Waals surface area contributed by atoms with Gasteiger partial charge in [0.1, 0.15) is 5.82 Å². The van der Waals surface area contributed by atoms with E-state index in [1.165, 1.54) is 38.2 Å². The van der Waals surface area contributed by atoms with E-state index < -0.39 is 0 Å². The van der Waals surface area contributed by atoms with E-state index in [1.807, 2.05) is 12.1 Å². The van der Waals surface area contributed by atoms with Gasteiger partial charge in [-0.05, 0) is 24.8 Å². The molecular weight excluding hydrogens is 227 g/mol. The van der Waals surface area contributed by atoms with Gasteiger partial charge in [-0.1, -0.05) is 50.3 Å². The second-order valence-corrected chi connectivity index (χ2v) is 5.27. The number of halogens is 1. The Bertz CT molecular complexity index is 359. The number of benzene rings is 1. The summed E-state index contributed by atoms with van der Waals surface area (Å²) in [5.41, 5.74) is 3.55. The second kappa shape index (κ2) is 6.86. The van der Waals surface area contributed by atoms with Gasteiger partial charge in [-0.15, -0.1) is 0 Å². The summed E-state index contributed by atoms with van der Waals surface area (Å²) in [6.45, 7) is 0. The van der Waals surface area contributed by atoms with Crippen LogP contribution >= 0.6 is 0 Å². The van der Waals surface area contributed by atoms with Gasteiger partial charge in [-0.3, -0.25) is 11.3 Å². The monoisotopic (exact) mass is 250 g/mol. The molecule has 1 fully saturated rings. The molecule has 3 heteroatoms. The van der Waals surface area contributed by atoms with Crippen molar-refractivity contribution < 1.29 is 4.39 Å². The van der Waals surface area contributed by atoms with Crippen LogP contribution in [0.5, 0.6) is 0 Å². The fourth-order valence-corrected chi connectivity index (χ4v) is 3.03. The Morgan fingerprint density at radius 2 is 1.67 bits per heavy atom. The Balaban J connectivity index is 2.13. The number of nitrogens with one attached hydrogen (secondary N) is 1. The summed E-state index contributed by atoms with van der Waals surface area (Å²) in [5.74, 6) is 5.98. The molecule has 0 amide bonds. The molecule has 0 radical (unpaired) electrons. The molecule has 1 unspecified atom stereocenters. The van der Waals surface area contributed by atoms with Crippen LogP contribution in [0.1, 0.15) is 56.6 Å². The number of rotatable bonds is 3. The van der Waals surface area contributed by atoms with E-state index >= 15 is 0 Å². The molecule has 1 aliphatic rings. The summed E-state index contributed by atoms with van der Waals surface area (Å²) in [6, 6.07) is 6.92. The van der Waals surface area contributed by atoms with Gasteiger partial charge in [0.15, 0.2) is 0 Å². The van der Waals surface area contributed by atoms with Crippen molar-refractivity contribution >= 4 is 0 Å². The Morgan fingerprint density at radius 1 is 1.06 bits per heavy atom. The average molecular weight is 250 g/mol. The van der Waals surface area contributed by atoms with E-state index in [1.54, 1.807) is 6.07 Å². The molecular formula is C15H23FN2. The quantitative estimate of drug-likeness (QED) is 0.634. The third kappa shape index (κ3) is 3.30. The summed E-state index contributed by atoms with van der Waals surface area (Å²) in [4.78, 5) is 0. The van der Waals surface area contributed by atoms with Crippen LogP contribution in [0.15, 0.2) is 24.3 Å². The van der Waals surface area contributed by atoms with Crippen molar-refractivity contribution in [3.05, 3.63) is 35.6 Å². The highest BCUT2D eigenvalue weighted by molar-refractivity contribution is 5.21. The summed E-state index contributed by atoms with van der Waals surface area (Å²) >= 11 is 0. The molecule has 1 aromatic rings. The lowest BCUT2D eigenvalue weighted by molar-refractivity contribution is 0.285. The summed E-state index contributed by atoms with van der Waals surface area (Å²) in [7, 11) is 0. The Kier molecular flexibility index (Phi) is 5.14. The van der Waals surface area contributed by atoms with Crippen molar-refractivity contribution in [3.8, 4) is 0 Å². The van der Waals surface area contributed by atoms with Crippen molar-refractivity contribution in [2.75, 3.05) is 0 Å². The summed E-state index contributed by atoms with van der Waals surface area (Å²) in [5, 5.41) is 0. The zero-order valence-corrected chi connectivity index (χ0v) is 10.9. The van der Waals surface area contributed by atoms with Crippen molar-refractivity contribution in [2.45, 2.75) is 51.0 Å². The highest BCUT2D eigenvalue weighted by Crippen LogP contribution is 2.33. The van der Waals surface area contributed by atoms with Crippen molar-refractivity contribution in [3.63, 3.8) is 0 Å². The first kappa shape index (κ1) is 13.5. The first-order chi connectivity index (χ1) is 8.83. The normalized spacial score (nSPS) is 20.1. The van der Waals surface area contributed by atoms with Crippen molar-refractivity contribution in [1.82, 2.24) is 5.43 Å². The molecule has 2 nitrogen and oxygen atoms in total. The first-order valence-electron chi connectivity index (χ1n) is 7.03. The Labute approximate surface area is 109 Å². The molecule has 3 N–H and O–H groups in total. The van der Waals surface area contributed by atoms with Crippen molar-refractivity contribution in [2.24, 2.45) is 11.8 Å². The van der Waals surface area contributed by atoms with Crippen molar-refractivity contribution in [1.29, 1.82) is 0 Å². The number of nitrogens with two attached hydrogens (primary N) is 1. The second-order valence-electron chi connectivity index (χ2n) is 5.27. The molecule has 0 aliphatic heterocycles. The molecule has 0 spiro atoms.